The van der Waals surface area contributed by atoms with E-state index in [0.29, 0.717) is 0 Å². The highest BCUT2D eigenvalue weighted by Crippen LogP contribution is 2.19. The van der Waals surface area contributed by atoms with Crippen molar-refractivity contribution < 1.29 is 23.9 Å². The Hall–Kier alpha value is -2.57. The number of carbonyl (C=O) groups excluding carboxylic acids is 3. The predicted octanol–water partition coefficient (Wildman–Crippen LogP) is 3.36. The van der Waals surface area contributed by atoms with Crippen molar-refractivity contribution in [1.29, 1.82) is 0 Å². The van der Waals surface area contributed by atoms with Crippen LogP contribution >= 0.6 is 0 Å². The molecule has 28 heavy (non-hydrogen) atoms. The zero-order valence-electron chi connectivity index (χ0n) is 17.9. The fourth-order valence-electron chi connectivity index (χ4n) is 2.39. The zero-order chi connectivity index (χ0) is 21.5. The number of esters is 1. The Bertz CT molecular complexity index is 677. The van der Waals surface area contributed by atoms with Gasteiger partial charge in [0.1, 0.15) is 12.1 Å². The quantitative estimate of drug-likeness (QED) is 0.719. The largest absolute Gasteiger partial charge is 0.463 e. The van der Waals surface area contributed by atoms with Crippen molar-refractivity contribution in [3.63, 3.8) is 0 Å². The number of carbonyl (C=O) groups is 3. The Balaban J connectivity index is 2.81. The van der Waals surface area contributed by atoms with Crippen LogP contribution in [0.3, 0.4) is 0 Å². The monoisotopic (exact) mass is 392 g/mol. The zero-order valence-corrected chi connectivity index (χ0v) is 17.9. The first kappa shape index (κ1) is 23.5. The first-order valence-electron chi connectivity index (χ1n) is 9.37. The molecule has 1 aromatic carbocycles. The second-order valence-corrected chi connectivity index (χ2v) is 8.11. The molecule has 0 heterocycles. The number of ether oxygens (including phenoxy) is 2. The molecule has 0 aliphatic rings. The van der Waals surface area contributed by atoms with Crippen molar-refractivity contribution in [2.45, 2.75) is 65.7 Å². The average Bonchev–Trinajstić information content (AvgIpc) is 2.52. The van der Waals surface area contributed by atoms with Gasteiger partial charge in [-0.15, -0.1) is 0 Å². The third-order valence-corrected chi connectivity index (χ3v) is 3.64. The van der Waals surface area contributed by atoms with Crippen LogP contribution in [0, 0.1) is 6.92 Å². The summed E-state index contributed by atoms with van der Waals surface area (Å²) in [6.07, 6.45) is -0.822. The maximum absolute atomic E-state index is 12.5. The van der Waals surface area contributed by atoms with Crippen LogP contribution in [0.2, 0.25) is 0 Å². The maximum atomic E-state index is 12.5. The molecule has 0 aliphatic heterocycles. The minimum absolute atomic E-state index is 0.00311. The van der Waals surface area contributed by atoms with Crippen molar-refractivity contribution in [2.24, 2.45) is 0 Å². The molecule has 7 nitrogen and oxygen atoms in total. The van der Waals surface area contributed by atoms with Crippen LogP contribution in [0.5, 0.6) is 0 Å². The summed E-state index contributed by atoms with van der Waals surface area (Å²) in [6, 6.07) is 7.00. The van der Waals surface area contributed by atoms with Gasteiger partial charge in [-0.1, -0.05) is 29.8 Å². The van der Waals surface area contributed by atoms with Crippen LogP contribution in [0.25, 0.3) is 0 Å². The molecule has 1 aromatic rings. The van der Waals surface area contributed by atoms with Crippen LogP contribution < -0.4 is 5.32 Å². The van der Waals surface area contributed by atoms with Gasteiger partial charge in [0.25, 0.3) is 0 Å². The number of amides is 2. The van der Waals surface area contributed by atoms with Gasteiger partial charge < -0.3 is 19.7 Å². The molecule has 0 saturated heterocycles. The van der Waals surface area contributed by atoms with Crippen LogP contribution in [0.1, 0.15) is 58.2 Å². The van der Waals surface area contributed by atoms with E-state index in [9.17, 15) is 14.4 Å². The lowest BCUT2D eigenvalue weighted by molar-refractivity contribution is -0.148. The first-order chi connectivity index (χ1) is 12.9. The Morgan fingerprint density at radius 2 is 1.68 bits per heavy atom. The lowest BCUT2D eigenvalue weighted by atomic mass is 10.0. The highest BCUT2D eigenvalue weighted by atomic mass is 16.6. The van der Waals surface area contributed by atoms with Crippen LogP contribution in [0.4, 0.5) is 4.79 Å². The highest BCUT2D eigenvalue weighted by Gasteiger charge is 2.24. The van der Waals surface area contributed by atoms with Crippen LogP contribution in [0.15, 0.2) is 24.3 Å². The molecule has 0 radical (unpaired) electrons. The third kappa shape index (κ3) is 8.88. The number of hydrogen-bond acceptors (Lipinski definition) is 5. The number of aryl methyl sites for hydroxylation is 1. The van der Waals surface area contributed by atoms with Gasteiger partial charge in [-0.3, -0.25) is 9.59 Å². The number of nitrogens with zero attached hydrogens (tertiary/aromatic N) is 1. The van der Waals surface area contributed by atoms with Crippen molar-refractivity contribution in [2.75, 3.05) is 13.6 Å². The van der Waals surface area contributed by atoms with Gasteiger partial charge in [0.05, 0.1) is 18.6 Å². The second kappa shape index (κ2) is 10.1. The Kier molecular flexibility index (Phi) is 8.47. The minimum Gasteiger partial charge on any atom is -0.463 e. The van der Waals surface area contributed by atoms with E-state index in [1.165, 1.54) is 11.9 Å². The van der Waals surface area contributed by atoms with Crippen molar-refractivity contribution in [1.82, 2.24) is 10.2 Å². The summed E-state index contributed by atoms with van der Waals surface area (Å²) in [5, 5.41) is 2.82. The molecule has 0 spiro atoms. The number of hydrogen-bond donors (Lipinski definition) is 1. The normalized spacial score (nSPS) is 12.3. The standard InChI is InChI=1S/C21H32N2O5/c1-14(2)27-19(25)12-17(16-10-8-15(3)9-11-16)22-18(24)13-23(7)20(26)28-21(4,5)6/h8-11,14,17H,12-13H2,1-7H3,(H,22,24). The Labute approximate surface area is 167 Å². The lowest BCUT2D eigenvalue weighted by Crippen LogP contribution is -2.42. The van der Waals surface area contributed by atoms with Gasteiger partial charge in [0.2, 0.25) is 5.91 Å². The second-order valence-electron chi connectivity index (χ2n) is 8.11. The molecule has 0 saturated carbocycles. The molecular formula is C21H32N2O5. The fraction of sp³-hybridized carbons (Fsp3) is 0.571. The predicted molar refractivity (Wildman–Crippen MR) is 107 cm³/mol. The fourth-order valence-corrected chi connectivity index (χ4v) is 2.39. The van der Waals surface area contributed by atoms with E-state index < -0.39 is 29.6 Å². The Morgan fingerprint density at radius 3 is 2.18 bits per heavy atom. The summed E-state index contributed by atoms with van der Waals surface area (Å²) in [4.78, 5) is 37.8. The minimum atomic E-state index is -0.646. The summed E-state index contributed by atoms with van der Waals surface area (Å²) in [5.74, 6) is -0.794. The molecule has 1 N–H and O–H groups in total. The van der Waals surface area contributed by atoms with Crippen LogP contribution in [-0.4, -0.2) is 48.2 Å². The Morgan fingerprint density at radius 1 is 1.11 bits per heavy atom. The number of benzene rings is 1. The topological polar surface area (TPSA) is 84.9 Å². The van der Waals surface area contributed by atoms with E-state index >= 15 is 0 Å². The molecule has 2 amide bonds. The number of rotatable bonds is 7. The summed E-state index contributed by atoms with van der Waals surface area (Å²) in [7, 11) is 1.49. The van der Waals surface area contributed by atoms with Crippen molar-refractivity contribution in [3.8, 4) is 0 Å². The van der Waals surface area contributed by atoms with Gasteiger partial charge in [-0.25, -0.2) is 4.79 Å². The molecule has 0 bridgehead atoms. The molecule has 0 aromatic heterocycles. The molecule has 1 unspecified atom stereocenters. The van der Waals surface area contributed by atoms with Crippen molar-refractivity contribution in [3.05, 3.63) is 35.4 Å². The molecule has 0 aliphatic carbocycles. The van der Waals surface area contributed by atoms with E-state index in [-0.39, 0.29) is 19.1 Å². The lowest BCUT2D eigenvalue weighted by Gasteiger charge is -2.25. The summed E-state index contributed by atoms with van der Waals surface area (Å²) in [6.45, 7) is 10.6. The number of nitrogens with one attached hydrogen (secondary N) is 1. The van der Waals surface area contributed by atoms with E-state index in [1.54, 1.807) is 34.6 Å². The van der Waals surface area contributed by atoms with Gasteiger partial charge >= 0.3 is 12.1 Å². The number of likely N-dealkylation sites (N-methyl/N-ethyl adjacent to an activating group) is 1. The summed E-state index contributed by atoms with van der Waals surface area (Å²) >= 11 is 0. The molecule has 7 heteroatoms. The highest BCUT2D eigenvalue weighted by molar-refractivity contribution is 5.83. The van der Waals surface area contributed by atoms with Gasteiger partial charge in [0, 0.05) is 7.05 Å². The van der Waals surface area contributed by atoms with Gasteiger partial charge in [-0.05, 0) is 47.1 Å². The SMILES string of the molecule is Cc1ccc(C(CC(=O)OC(C)C)NC(=O)CN(C)C(=O)OC(C)(C)C)cc1. The smallest absolute Gasteiger partial charge is 0.410 e. The average molecular weight is 392 g/mol. The summed E-state index contributed by atoms with van der Waals surface area (Å²) in [5.41, 5.74) is 1.22. The van der Waals surface area contributed by atoms with E-state index in [4.69, 9.17) is 9.47 Å². The molecule has 1 rings (SSSR count). The van der Waals surface area contributed by atoms with E-state index in [2.05, 4.69) is 5.32 Å². The molecule has 1 atom stereocenters. The van der Waals surface area contributed by atoms with E-state index in [0.717, 1.165) is 11.1 Å². The van der Waals surface area contributed by atoms with Crippen molar-refractivity contribution >= 4 is 18.0 Å². The maximum Gasteiger partial charge on any atom is 0.410 e. The first-order valence-corrected chi connectivity index (χ1v) is 9.37. The molecular weight excluding hydrogens is 360 g/mol. The van der Waals surface area contributed by atoms with Crippen LogP contribution in [-0.2, 0) is 19.1 Å². The molecule has 0 fully saturated rings. The third-order valence-electron chi connectivity index (χ3n) is 3.64. The van der Waals surface area contributed by atoms with Gasteiger partial charge in [-0.2, -0.15) is 0 Å². The summed E-state index contributed by atoms with van der Waals surface area (Å²) < 4.78 is 10.5. The molecule has 156 valence electrons. The van der Waals surface area contributed by atoms with Gasteiger partial charge in [0.15, 0.2) is 0 Å². The van der Waals surface area contributed by atoms with E-state index in [1.807, 2.05) is 31.2 Å².